The molecule has 0 unspecified atom stereocenters. The number of benzene rings is 8. The minimum absolute atomic E-state index is 0.191. The summed E-state index contributed by atoms with van der Waals surface area (Å²) >= 11 is 0. The minimum atomic E-state index is 0.191. The second-order valence-electron chi connectivity index (χ2n) is 10.5. The smallest absolute Gasteiger partial charge is 0.132 e. The largest absolute Gasteiger partial charge is 0.507 e. The van der Waals surface area contributed by atoms with Gasteiger partial charge in [-0.3, -0.25) is 0 Å². The molecule has 8 aromatic rings. The number of phenolic OH excluding ortho intramolecular Hbond substituents is 2. The molecule has 0 aliphatic carbocycles. The molecule has 0 aliphatic rings. The Morgan fingerprint density at radius 3 is 1.54 bits per heavy atom. The van der Waals surface area contributed by atoms with Gasteiger partial charge in [-0.1, -0.05) is 109 Å². The first-order valence-electron chi connectivity index (χ1n) is 13.2. The van der Waals surface area contributed by atoms with Crippen LogP contribution in [0.25, 0.3) is 75.8 Å². The average molecular weight is 501 g/mol. The fraction of sp³-hybridized carbons (Fsp3) is 0.0270. The molecule has 0 atom stereocenters. The number of hydrogen-bond donors (Lipinski definition) is 2. The maximum Gasteiger partial charge on any atom is 0.132 e. The zero-order valence-electron chi connectivity index (χ0n) is 21.4. The summed E-state index contributed by atoms with van der Waals surface area (Å²) in [6, 6.07) is 39.6. The fourth-order valence-electron chi connectivity index (χ4n) is 6.54. The number of hydrogen-bond acceptors (Lipinski definition) is 2. The number of aryl methyl sites for hydroxylation is 1. The van der Waals surface area contributed by atoms with Gasteiger partial charge in [-0.25, -0.2) is 0 Å². The van der Waals surface area contributed by atoms with E-state index in [1.165, 1.54) is 10.8 Å². The van der Waals surface area contributed by atoms with Crippen LogP contribution in [-0.4, -0.2) is 10.2 Å². The van der Waals surface area contributed by atoms with Gasteiger partial charge >= 0.3 is 0 Å². The summed E-state index contributed by atoms with van der Waals surface area (Å²) in [6.45, 7) is 2.00. The molecule has 2 heteroatoms. The molecule has 0 aromatic heterocycles. The van der Waals surface area contributed by atoms with E-state index in [1.807, 2.05) is 43.3 Å². The highest BCUT2D eigenvalue weighted by Crippen LogP contribution is 2.48. The van der Waals surface area contributed by atoms with E-state index < -0.39 is 0 Å². The molecule has 2 N–H and O–H groups in total. The second kappa shape index (κ2) is 7.96. The van der Waals surface area contributed by atoms with E-state index >= 15 is 0 Å². The summed E-state index contributed by atoms with van der Waals surface area (Å²) in [4.78, 5) is 0. The van der Waals surface area contributed by atoms with Crippen LogP contribution in [0.5, 0.6) is 11.5 Å². The highest BCUT2D eigenvalue weighted by atomic mass is 16.3. The lowest BCUT2D eigenvalue weighted by Gasteiger charge is -2.17. The number of phenols is 2. The second-order valence-corrected chi connectivity index (χ2v) is 10.5. The predicted octanol–water partition coefficient (Wildman–Crippen LogP) is 9.99. The van der Waals surface area contributed by atoms with Crippen molar-refractivity contribution in [2.75, 3.05) is 0 Å². The molecule has 0 saturated heterocycles. The molecule has 0 fully saturated rings. The molecule has 8 rings (SSSR count). The molecular weight excluding hydrogens is 476 g/mol. The quantitative estimate of drug-likeness (QED) is 0.220. The van der Waals surface area contributed by atoms with Gasteiger partial charge < -0.3 is 10.2 Å². The first-order chi connectivity index (χ1) is 19.1. The van der Waals surface area contributed by atoms with Gasteiger partial charge in [0.15, 0.2) is 0 Å². The van der Waals surface area contributed by atoms with Gasteiger partial charge in [-0.2, -0.15) is 0 Å². The lowest BCUT2D eigenvalue weighted by atomic mass is 9.88. The standard InChI is InChI=1S/C37H24O2/c1-21-20-25-14-16-29-27-9-5-3-7-23(27)11-18-31(29)35(25)37(39)33(21)32-19-13-24-12-15-28-26-8-4-2-6-22(26)10-17-30(28)34(24)36(32)38/h2-20,38-39H,1H3. The average Bonchev–Trinajstić information content (AvgIpc) is 2.97. The van der Waals surface area contributed by atoms with Crippen LogP contribution in [0.15, 0.2) is 115 Å². The van der Waals surface area contributed by atoms with Crippen LogP contribution >= 0.6 is 0 Å². The molecule has 0 bridgehead atoms. The summed E-state index contributed by atoms with van der Waals surface area (Å²) in [5.74, 6) is 0.392. The van der Waals surface area contributed by atoms with Crippen LogP contribution in [0.3, 0.4) is 0 Å². The third-order valence-electron chi connectivity index (χ3n) is 8.35. The maximum atomic E-state index is 11.9. The van der Waals surface area contributed by atoms with E-state index in [0.717, 1.165) is 59.4 Å². The van der Waals surface area contributed by atoms with Gasteiger partial charge in [0.05, 0.1) is 0 Å². The zero-order valence-corrected chi connectivity index (χ0v) is 21.4. The van der Waals surface area contributed by atoms with E-state index in [9.17, 15) is 10.2 Å². The molecule has 39 heavy (non-hydrogen) atoms. The first kappa shape index (κ1) is 22.0. The topological polar surface area (TPSA) is 40.5 Å². The van der Waals surface area contributed by atoms with Crippen LogP contribution in [0.4, 0.5) is 0 Å². The Morgan fingerprint density at radius 2 is 0.897 bits per heavy atom. The highest BCUT2D eigenvalue weighted by molar-refractivity contribution is 6.22. The summed E-state index contributed by atoms with van der Waals surface area (Å²) in [7, 11) is 0. The van der Waals surface area contributed by atoms with E-state index in [0.29, 0.717) is 11.1 Å². The summed E-state index contributed by atoms with van der Waals surface area (Å²) in [6.07, 6.45) is 0. The van der Waals surface area contributed by atoms with E-state index in [4.69, 9.17) is 0 Å². The van der Waals surface area contributed by atoms with Gasteiger partial charge in [-0.15, -0.1) is 0 Å². The van der Waals surface area contributed by atoms with Crippen LogP contribution in [0, 0.1) is 6.92 Å². The lowest BCUT2D eigenvalue weighted by molar-refractivity contribution is 0.475. The number of aromatic hydroxyl groups is 2. The van der Waals surface area contributed by atoms with E-state index in [1.54, 1.807) is 0 Å². The SMILES string of the molecule is Cc1cc2ccc3c4ccccc4ccc3c2c(O)c1-c1ccc2ccc3c4ccccc4ccc3c2c1O. The van der Waals surface area contributed by atoms with Gasteiger partial charge in [0.25, 0.3) is 0 Å². The molecule has 0 amide bonds. The van der Waals surface area contributed by atoms with E-state index in [-0.39, 0.29) is 11.5 Å². The van der Waals surface area contributed by atoms with Crippen molar-refractivity contribution in [3.05, 3.63) is 121 Å². The van der Waals surface area contributed by atoms with Gasteiger partial charge in [0.1, 0.15) is 11.5 Å². The van der Waals surface area contributed by atoms with Crippen molar-refractivity contribution in [2.45, 2.75) is 6.92 Å². The molecule has 0 heterocycles. The third-order valence-corrected chi connectivity index (χ3v) is 8.35. The summed E-state index contributed by atoms with van der Waals surface area (Å²) < 4.78 is 0. The Morgan fingerprint density at radius 1 is 0.410 bits per heavy atom. The molecule has 0 saturated carbocycles. The summed E-state index contributed by atoms with van der Waals surface area (Å²) in [5.41, 5.74) is 2.22. The molecule has 0 spiro atoms. The maximum absolute atomic E-state index is 11.9. The fourth-order valence-corrected chi connectivity index (χ4v) is 6.54. The van der Waals surface area contributed by atoms with Crippen molar-refractivity contribution in [3.63, 3.8) is 0 Å². The molecule has 8 aromatic carbocycles. The van der Waals surface area contributed by atoms with Gasteiger partial charge in [0, 0.05) is 21.9 Å². The van der Waals surface area contributed by atoms with Crippen LogP contribution in [0.2, 0.25) is 0 Å². The Balaban J connectivity index is 1.47. The molecule has 2 nitrogen and oxygen atoms in total. The van der Waals surface area contributed by atoms with Crippen molar-refractivity contribution in [2.24, 2.45) is 0 Å². The van der Waals surface area contributed by atoms with Gasteiger partial charge in [0.2, 0.25) is 0 Å². The molecular formula is C37H24O2. The monoisotopic (exact) mass is 500 g/mol. The number of fused-ring (bicyclic) bond motifs is 10. The lowest BCUT2D eigenvalue weighted by Crippen LogP contribution is -1.91. The number of rotatable bonds is 1. The highest BCUT2D eigenvalue weighted by Gasteiger charge is 2.20. The van der Waals surface area contributed by atoms with Crippen molar-refractivity contribution in [1.82, 2.24) is 0 Å². The third kappa shape index (κ3) is 3.03. The van der Waals surface area contributed by atoms with Crippen molar-refractivity contribution < 1.29 is 10.2 Å². The van der Waals surface area contributed by atoms with Crippen molar-refractivity contribution in [1.29, 1.82) is 0 Å². The molecule has 184 valence electrons. The summed E-state index contributed by atoms with van der Waals surface area (Å²) in [5, 5.41) is 36.2. The Bertz CT molecular complexity index is 2310. The van der Waals surface area contributed by atoms with Crippen LogP contribution in [-0.2, 0) is 0 Å². The molecule has 0 radical (unpaired) electrons. The van der Waals surface area contributed by atoms with Crippen molar-refractivity contribution >= 4 is 64.6 Å². The van der Waals surface area contributed by atoms with Crippen molar-refractivity contribution in [3.8, 4) is 22.6 Å². The Hall–Kier alpha value is -5.08. The van der Waals surface area contributed by atoms with Crippen LogP contribution < -0.4 is 0 Å². The van der Waals surface area contributed by atoms with Crippen LogP contribution in [0.1, 0.15) is 5.56 Å². The Labute approximate surface area is 225 Å². The normalized spacial score (nSPS) is 11.9. The molecule has 0 aliphatic heterocycles. The first-order valence-corrected chi connectivity index (χ1v) is 13.2. The van der Waals surface area contributed by atoms with E-state index in [2.05, 4.69) is 78.9 Å². The van der Waals surface area contributed by atoms with Gasteiger partial charge in [-0.05, 0) is 72.4 Å². The predicted molar refractivity (Wildman–Crippen MR) is 165 cm³/mol. The minimum Gasteiger partial charge on any atom is -0.507 e. The Kier molecular flexibility index (Phi) is 4.48. The zero-order chi connectivity index (χ0) is 26.2.